The van der Waals surface area contributed by atoms with Crippen LogP contribution in [-0.2, 0) is 9.53 Å². The van der Waals surface area contributed by atoms with Gasteiger partial charge in [0.1, 0.15) is 11.6 Å². The molecule has 0 aliphatic carbocycles. The van der Waals surface area contributed by atoms with Crippen LogP contribution in [0, 0.1) is 11.3 Å². The molecule has 0 unspecified atom stereocenters. The van der Waals surface area contributed by atoms with Crippen LogP contribution in [0.2, 0.25) is 5.02 Å². The highest BCUT2D eigenvalue weighted by Gasteiger charge is 2.18. The molecule has 132 valence electrons. The zero-order valence-corrected chi connectivity index (χ0v) is 15.3. The first kappa shape index (κ1) is 19.0. The lowest BCUT2D eigenvalue weighted by molar-refractivity contribution is -0.138. The highest BCUT2D eigenvalue weighted by Crippen LogP contribution is 2.23. The molecule has 0 amide bonds. The highest BCUT2D eigenvalue weighted by atomic mass is 35.5. The second kappa shape index (κ2) is 9.26. The number of allylic oxidation sites excluding steroid dienone is 2. The standard InChI is InChI=1S/C19H22ClN3O2/c1-3-25-19(24)16(14-21)6-9-18(15-4-7-17(20)8-5-15)23-12-10-22(2)11-13-23/h4-9H,3,10-13H2,1-2H3. The average molecular weight is 360 g/mol. The van der Waals surface area contributed by atoms with Gasteiger partial charge in [-0.2, -0.15) is 5.26 Å². The molecule has 1 saturated heterocycles. The van der Waals surface area contributed by atoms with Crippen LogP contribution in [0.1, 0.15) is 12.5 Å². The number of carbonyl (C=O) groups excluding carboxylic acids is 1. The van der Waals surface area contributed by atoms with Gasteiger partial charge in [0.05, 0.1) is 6.61 Å². The molecular formula is C19H22ClN3O2. The van der Waals surface area contributed by atoms with Crippen LogP contribution in [0.4, 0.5) is 0 Å². The molecule has 0 saturated carbocycles. The van der Waals surface area contributed by atoms with E-state index in [2.05, 4.69) is 16.8 Å². The Morgan fingerprint density at radius 2 is 1.88 bits per heavy atom. The summed E-state index contributed by atoms with van der Waals surface area (Å²) in [6.07, 6.45) is 3.34. The van der Waals surface area contributed by atoms with Gasteiger partial charge in [-0.1, -0.05) is 23.7 Å². The van der Waals surface area contributed by atoms with Crippen molar-refractivity contribution in [2.75, 3.05) is 39.8 Å². The van der Waals surface area contributed by atoms with Crippen molar-refractivity contribution >= 4 is 23.3 Å². The lowest BCUT2D eigenvalue weighted by Crippen LogP contribution is -2.43. The Balaban J connectivity index is 2.35. The van der Waals surface area contributed by atoms with Gasteiger partial charge in [0, 0.05) is 36.9 Å². The Labute approximate surface area is 153 Å². The number of hydrogen-bond donors (Lipinski definition) is 0. The Morgan fingerprint density at radius 3 is 2.44 bits per heavy atom. The van der Waals surface area contributed by atoms with Gasteiger partial charge in [-0.15, -0.1) is 0 Å². The molecule has 1 aromatic carbocycles. The molecule has 25 heavy (non-hydrogen) atoms. The largest absolute Gasteiger partial charge is 0.462 e. The molecule has 0 atom stereocenters. The Morgan fingerprint density at radius 1 is 1.24 bits per heavy atom. The van der Waals surface area contributed by atoms with Crippen LogP contribution >= 0.6 is 11.6 Å². The van der Waals surface area contributed by atoms with Gasteiger partial charge in [0.25, 0.3) is 0 Å². The molecule has 0 spiro atoms. The fourth-order valence-corrected chi connectivity index (χ4v) is 2.70. The maximum absolute atomic E-state index is 11.8. The number of nitrogens with zero attached hydrogens (tertiary/aromatic N) is 3. The molecule has 1 fully saturated rings. The van der Waals surface area contributed by atoms with E-state index in [1.54, 1.807) is 6.92 Å². The molecule has 1 aliphatic rings. The van der Waals surface area contributed by atoms with Crippen molar-refractivity contribution < 1.29 is 9.53 Å². The topological polar surface area (TPSA) is 56.6 Å². The number of nitriles is 1. The summed E-state index contributed by atoms with van der Waals surface area (Å²) in [5.74, 6) is -0.602. The van der Waals surface area contributed by atoms with Gasteiger partial charge in [-0.25, -0.2) is 4.79 Å². The third-order valence-corrected chi connectivity index (χ3v) is 4.26. The number of hydrogen-bond acceptors (Lipinski definition) is 5. The summed E-state index contributed by atoms with van der Waals surface area (Å²) in [5, 5.41) is 9.87. The maximum Gasteiger partial charge on any atom is 0.348 e. The summed E-state index contributed by atoms with van der Waals surface area (Å²) in [7, 11) is 2.09. The predicted octanol–water partition coefficient (Wildman–Crippen LogP) is 2.94. The van der Waals surface area contributed by atoms with E-state index >= 15 is 0 Å². The zero-order chi connectivity index (χ0) is 18.2. The van der Waals surface area contributed by atoms with E-state index in [1.165, 1.54) is 6.08 Å². The van der Waals surface area contributed by atoms with Gasteiger partial charge in [0.2, 0.25) is 0 Å². The molecule has 0 bridgehead atoms. The second-order valence-corrected chi connectivity index (χ2v) is 6.20. The summed E-state index contributed by atoms with van der Waals surface area (Å²) in [6, 6.07) is 9.46. The smallest absolute Gasteiger partial charge is 0.348 e. The van der Waals surface area contributed by atoms with Gasteiger partial charge in [0.15, 0.2) is 0 Å². The van der Waals surface area contributed by atoms with Crippen molar-refractivity contribution in [2.24, 2.45) is 0 Å². The Kier molecular flexibility index (Phi) is 7.05. The molecule has 1 heterocycles. The molecule has 5 nitrogen and oxygen atoms in total. The van der Waals surface area contributed by atoms with Gasteiger partial charge in [-0.05, 0) is 43.8 Å². The van der Waals surface area contributed by atoms with E-state index in [1.807, 2.05) is 36.4 Å². The predicted molar refractivity (Wildman–Crippen MR) is 98.8 cm³/mol. The third kappa shape index (κ3) is 5.35. The van der Waals surface area contributed by atoms with E-state index in [4.69, 9.17) is 16.3 Å². The van der Waals surface area contributed by atoms with Crippen molar-refractivity contribution in [3.8, 4) is 6.07 Å². The SMILES string of the molecule is CCOC(=O)C(C#N)=CC=C(c1ccc(Cl)cc1)N1CCN(C)CC1. The molecule has 6 heteroatoms. The van der Waals surface area contributed by atoms with Crippen LogP contribution < -0.4 is 0 Å². The highest BCUT2D eigenvalue weighted by molar-refractivity contribution is 6.30. The first-order chi connectivity index (χ1) is 12.0. The molecule has 2 rings (SSSR count). The summed E-state index contributed by atoms with van der Waals surface area (Å²) in [4.78, 5) is 16.3. The van der Waals surface area contributed by atoms with Crippen molar-refractivity contribution in [2.45, 2.75) is 6.92 Å². The first-order valence-corrected chi connectivity index (χ1v) is 8.61. The number of piperazine rings is 1. The molecule has 1 aliphatic heterocycles. The maximum atomic E-state index is 11.8. The quantitative estimate of drug-likeness (QED) is 0.350. The number of rotatable bonds is 5. The minimum Gasteiger partial charge on any atom is -0.462 e. The van der Waals surface area contributed by atoms with E-state index in [9.17, 15) is 10.1 Å². The Bertz CT molecular complexity index is 696. The summed E-state index contributed by atoms with van der Waals surface area (Å²) in [5.41, 5.74) is 1.94. The van der Waals surface area contributed by atoms with Crippen molar-refractivity contribution in [3.63, 3.8) is 0 Å². The lowest BCUT2D eigenvalue weighted by Gasteiger charge is -2.35. The number of halogens is 1. The third-order valence-electron chi connectivity index (χ3n) is 4.01. The van der Waals surface area contributed by atoms with Crippen LogP contribution in [0.25, 0.3) is 5.70 Å². The normalized spacial score (nSPS) is 16.5. The van der Waals surface area contributed by atoms with Crippen molar-refractivity contribution in [1.29, 1.82) is 5.26 Å². The first-order valence-electron chi connectivity index (χ1n) is 8.23. The van der Waals surface area contributed by atoms with Crippen LogP contribution in [0.5, 0.6) is 0 Å². The molecule has 0 radical (unpaired) electrons. The summed E-state index contributed by atoms with van der Waals surface area (Å²) < 4.78 is 4.91. The van der Waals surface area contributed by atoms with E-state index in [0.717, 1.165) is 37.4 Å². The number of ether oxygens (including phenoxy) is 1. The fourth-order valence-electron chi connectivity index (χ4n) is 2.57. The average Bonchev–Trinajstić information content (AvgIpc) is 2.61. The molecular weight excluding hydrogens is 338 g/mol. The zero-order valence-electron chi connectivity index (χ0n) is 14.5. The lowest BCUT2D eigenvalue weighted by atomic mass is 10.1. The summed E-state index contributed by atoms with van der Waals surface area (Å²) in [6.45, 7) is 5.62. The van der Waals surface area contributed by atoms with E-state index in [0.29, 0.717) is 5.02 Å². The molecule has 0 aromatic heterocycles. The Hall–Kier alpha value is -2.29. The van der Waals surface area contributed by atoms with Gasteiger partial charge in [-0.3, -0.25) is 0 Å². The van der Waals surface area contributed by atoms with Crippen LogP contribution in [0.15, 0.2) is 42.0 Å². The number of likely N-dealkylation sites (N-methyl/N-ethyl adjacent to an activating group) is 1. The summed E-state index contributed by atoms with van der Waals surface area (Å²) >= 11 is 5.99. The van der Waals surface area contributed by atoms with Crippen molar-refractivity contribution in [1.82, 2.24) is 9.80 Å². The number of esters is 1. The van der Waals surface area contributed by atoms with Crippen LogP contribution in [0.3, 0.4) is 0 Å². The minimum absolute atomic E-state index is 0.0116. The van der Waals surface area contributed by atoms with Gasteiger partial charge >= 0.3 is 5.97 Å². The fraction of sp³-hybridized carbons (Fsp3) is 0.368. The van der Waals surface area contributed by atoms with Crippen molar-refractivity contribution in [3.05, 3.63) is 52.6 Å². The molecule has 1 aromatic rings. The van der Waals surface area contributed by atoms with Gasteiger partial charge < -0.3 is 14.5 Å². The number of benzene rings is 1. The monoisotopic (exact) mass is 359 g/mol. The molecule has 0 N–H and O–H groups in total. The minimum atomic E-state index is -0.602. The second-order valence-electron chi connectivity index (χ2n) is 5.76. The van der Waals surface area contributed by atoms with E-state index in [-0.39, 0.29) is 12.2 Å². The van der Waals surface area contributed by atoms with E-state index < -0.39 is 5.97 Å². The number of carbonyl (C=O) groups is 1. The van der Waals surface area contributed by atoms with Crippen LogP contribution in [-0.4, -0.2) is 55.6 Å².